The highest BCUT2D eigenvalue weighted by Gasteiger charge is 2.17. The van der Waals surface area contributed by atoms with Gasteiger partial charge in [0.25, 0.3) is 0 Å². The molecule has 110 valence electrons. The van der Waals surface area contributed by atoms with Gasteiger partial charge >= 0.3 is 16.3 Å². The zero-order valence-electron chi connectivity index (χ0n) is 10.4. The van der Waals surface area contributed by atoms with Crippen LogP contribution in [0.4, 0.5) is 14.4 Å². The quantitative estimate of drug-likeness (QED) is 0.873. The van der Waals surface area contributed by atoms with Gasteiger partial charge in [0.2, 0.25) is 0 Å². The van der Waals surface area contributed by atoms with Crippen LogP contribution in [0.25, 0.3) is 0 Å². The lowest BCUT2D eigenvalue weighted by Gasteiger charge is -2.07. The van der Waals surface area contributed by atoms with Crippen LogP contribution < -0.4 is 10.1 Å². The average molecular weight is 330 g/mol. The third-order valence-corrected chi connectivity index (χ3v) is 3.70. The number of carbonyl (C=O) groups excluding carboxylic acids is 1. The van der Waals surface area contributed by atoms with Crippen molar-refractivity contribution in [3.05, 3.63) is 53.6 Å². The second-order valence-electron chi connectivity index (χ2n) is 3.91. The third kappa shape index (κ3) is 4.17. The Morgan fingerprint density at radius 3 is 2.38 bits per heavy atom. The minimum atomic E-state index is -4.90. The number of ether oxygens (including phenoxy) is 1. The SMILES string of the molecule is O=C(Nc1ccc(S(=O)(=O)F)c(Cl)c1)Oc1ccccc1. The number of carbonyl (C=O) groups is 1. The van der Waals surface area contributed by atoms with E-state index in [2.05, 4.69) is 5.32 Å². The number of nitrogens with one attached hydrogen (secondary N) is 1. The maximum Gasteiger partial charge on any atom is 0.417 e. The van der Waals surface area contributed by atoms with Crippen molar-refractivity contribution in [1.29, 1.82) is 0 Å². The minimum Gasteiger partial charge on any atom is -0.410 e. The Morgan fingerprint density at radius 1 is 1.14 bits per heavy atom. The summed E-state index contributed by atoms with van der Waals surface area (Å²) in [5.41, 5.74) is 0.174. The molecule has 2 rings (SSSR count). The molecule has 0 aliphatic rings. The summed E-state index contributed by atoms with van der Waals surface area (Å²) in [7, 11) is -4.90. The number of amides is 1. The average Bonchev–Trinajstić information content (AvgIpc) is 2.38. The summed E-state index contributed by atoms with van der Waals surface area (Å²) in [6.07, 6.45) is -0.784. The van der Waals surface area contributed by atoms with Crippen molar-refractivity contribution in [2.75, 3.05) is 5.32 Å². The molecule has 0 aliphatic carbocycles. The van der Waals surface area contributed by atoms with Crippen LogP contribution in [0.2, 0.25) is 5.02 Å². The topological polar surface area (TPSA) is 72.5 Å². The fraction of sp³-hybridized carbons (Fsp3) is 0. The first-order valence-corrected chi connectivity index (χ1v) is 7.40. The molecule has 0 aromatic heterocycles. The van der Waals surface area contributed by atoms with Gasteiger partial charge < -0.3 is 4.74 Å². The lowest BCUT2D eigenvalue weighted by molar-refractivity contribution is 0.215. The van der Waals surface area contributed by atoms with Crippen LogP contribution in [0.15, 0.2) is 53.4 Å². The van der Waals surface area contributed by atoms with E-state index in [1.807, 2.05) is 0 Å². The summed E-state index contributed by atoms with van der Waals surface area (Å²) in [5, 5.41) is 2.01. The normalized spacial score (nSPS) is 11.0. The Labute approximate surface area is 125 Å². The largest absolute Gasteiger partial charge is 0.417 e. The fourth-order valence-corrected chi connectivity index (χ4v) is 2.49. The summed E-state index contributed by atoms with van der Waals surface area (Å²) in [6.45, 7) is 0. The van der Waals surface area contributed by atoms with Crippen molar-refractivity contribution >= 4 is 33.6 Å². The van der Waals surface area contributed by atoms with Gasteiger partial charge in [0.15, 0.2) is 0 Å². The smallest absolute Gasteiger partial charge is 0.410 e. The molecule has 21 heavy (non-hydrogen) atoms. The van der Waals surface area contributed by atoms with E-state index in [0.29, 0.717) is 5.75 Å². The lowest BCUT2D eigenvalue weighted by atomic mass is 10.3. The van der Waals surface area contributed by atoms with Crippen molar-refractivity contribution in [2.24, 2.45) is 0 Å². The first-order chi connectivity index (χ1) is 9.86. The first kappa shape index (κ1) is 15.3. The van der Waals surface area contributed by atoms with Gasteiger partial charge in [-0.15, -0.1) is 3.89 Å². The maximum absolute atomic E-state index is 12.8. The van der Waals surface area contributed by atoms with E-state index in [0.717, 1.165) is 12.1 Å². The maximum atomic E-state index is 12.8. The highest BCUT2D eigenvalue weighted by Crippen LogP contribution is 2.26. The van der Waals surface area contributed by atoms with E-state index in [1.54, 1.807) is 30.3 Å². The zero-order chi connectivity index (χ0) is 15.5. The van der Waals surface area contributed by atoms with Gasteiger partial charge in [-0.2, -0.15) is 8.42 Å². The molecule has 5 nitrogen and oxygen atoms in total. The Kier molecular flexibility index (Phi) is 4.44. The lowest BCUT2D eigenvalue weighted by Crippen LogP contribution is -2.16. The molecule has 8 heteroatoms. The van der Waals surface area contributed by atoms with Gasteiger partial charge in [0.1, 0.15) is 10.6 Å². The van der Waals surface area contributed by atoms with Crippen molar-refractivity contribution in [1.82, 2.24) is 0 Å². The molecule has 2 aromatic carbocycles. The highest BCUT2D eigenvalue weighted by molar-refractivity contribution is 7.86. The molecule has 1 N–H and O–H groups in total. The molecule has 2 aromatic rings. The van der Waals surface area contributed by atoms with Gasteiger partial charge in [-0.1, -0.05) is 29.8 Å². The summed E-state index contributed by atoms with van der Waals surface area (Å²) < 4.78 is 39.3. The summed E-state index contributed by atoms with van der Waals surface area (Å²) >= 11 is 5.65. The van der Waals surface area contributed by atoms with Crippen LogP contribution >= 0.6 is 11.6 Å². The fourth-order valence-electron chi connectivity index (χ4n) is 1.52. The Hall–Kier alpha value is -2.12. The number of hydrogen-bond acceptors (Lipinski definition) is 4. The minimum absolute atomic E-state index is 0.174. The number of anilines is 1. The Morgan fingerprint density at radius 2 is 1.81 bits per heavy atom. The molecular weight excluding hydrogens is 321 g/mol. The van der Waals surface area contributed by atoms with E-state index in [-0.39, 0.29) is 10.7 Å². The van der Waals surface area contributed by atoms with Crippen LogP contribution in [0, 0.1) is 0 Å². The van der Waals surface area contributed by atoms with Gasteiger partial charge in [-0.25, -0.2) is 4.79 Å². The molecule has 0 fully saturated rings. The predicted molar refractivity (Wildman–Crippen MR) is 75.8 cm³/mol. The van der Waals surface area contributed by atoms with Crippen LogP contribution in [-0.2, 0) is 10.2 Å². The Balaban J connectivity index is 2.10. The summed E-state index contributed by atoms with van der Waals surface area (Å²) in [5.74, 6) is 0.337. The number of benzene rings is 2. The van der Waals surface area contributed by atoms with Gasteiger partial charge in [-0.3, -0.25) is 5.32 Å². The van der Waals surface area contributed by atoms with E-state index in [1.165, 1.54) is 6.07 Å². The van der Waals surface area contributed by atoms with E-state index >= 15 is 0 Å². The number of para-hydroxylation sites is 1. The van der Waals surface area contributed by atoms with Crippen LogP contribution in [-0.4, -0.2) is 14.5 Å². The molecular formula is C13H9ClFNO4S. The first-order valence-electron chi connectivity index (χ1n) is 5.64. The molecule has 0 saturated carbocycles. The van der Waals surface area contributed by atoms with Crippen molar-refractivity contribution in [3.8, 4) is 5.75 Å². The van der Waals surface area contributed by atoms with Crippen LogP contribution in [0.3, 0.4) is 0 Å². The second-order valence-corrected chi connectivity index (χ2v) is 5.63. The van der Waals surface area contributed by atoms with Crippen molar-refractivity contribution < 1.29 is 21.8 Å². The van der Waals surface area contributed by atoms with Crippen molar-refractivity contribution in [3.63, 3.8) is 0 Å². The molecule has 0 unspecified atom stereocenters. The Bertz CT molecular complexity index is 765. The van der Waals surface area contributed by atoms with Gasteiger partial charge in [0, 0.05) is 5.69 Å². The summed E-state index contributed by atoms with van der Waals surface area (Å²) in [6, 6.07) is 11.6. The standard InChI is InChI=1S/C13H9ClFNO4S/c14-11-8-9(6-7-12(11)21(15,18)19)16-13(17)20-10-4-2-1-3-5-10/h1-8H,(H,16,17). The molecule has 0 radical (unpaired) electrons. The molecule has 0 bridgehead atoms. The number of rotatable bonds is 3. The third-order valence-electron chi connectivity index (χ3n) is 2.39. The molecule has 0 aliphatic heterocycles. The predicted octanol–water partition coefficient (Wildman–Crippen LogP) is 3.61. The monoisotopic (exact) mass is 329 g/mol. The molecule has 1 amide bonds. The number of hydrogen-bond donors (Lipinski definition) is 1. The summed E-state index contributed by atoms with van der Waals surface area (Å²) in [4.78, 5) is 10.9. The molecule has 0 spiro atoms. The zero-order valence-corrected chi connectivity index (χ0v) is 12.0. The molecule has 0 saturated heterocycles. The van der Waals surface area contributed by atoms with E-state index in [4.69, 9.17) is 16.3 Å². The van der Waals surface area contributed by atoms with Crippen LogP contribution in [0.5, 0.6) is 5.75 Å². The van der Waals surface area contributed by atoms with Crippen molar-refractivity contribution in [2.45, 2.75) is 4.90 Å². The molecule has 0 atom stereocenters. The number of halogens is 2. The van der Waals surface area contributed by atoms with Gasteiger partial charge in [0.05, 0.1) is 5.02 Å². The van der Waals surface area contributed by atoms with Crippen LogP contribution in [0.1, 0.15) is 0 Å². The highest BCUT2D eigenvalue weighted by atomic mass is 35.5. The van der Waals surface area contributed by atoms with E-state index in [9.17, 15) is 17.1 Å². The van der Waals surface area contributed by atoms with Gasteiger partial charge in [-0.05, 0) is 30.3 Å². The molecule has 0 heterocycles. The second kappa shape index (κ2) is 6.11. The van der Waals surface area contributed by atoms with E-state index < -0.39 is 21.2 Å².